The van der Waals surface area contributed by atoms with Crippen LogP contribution in [0.1, 0.15) is 32.4 Å². The summed E-state index contributed by atoms with van der Waals surface area (Å²) in [5.74, 6) is 0.240. The Bertz CT molecular complexity index is 443. The molecule has 1 atom stereocenters. The van der Waals surface area contributed by atoms with Crippen molar-refractivity contribution in [2.45, 2.75) is 32.2 Å². The molecule has 0 aromatic carbocycles. The first-order valence-electron chi connectivity index (χ1n) is 6.33. The minimum Gasteiger partial charge on any atom is -0.370 e. The highest BCUT2D eigenvalue weighted by molar-refractivity contribution is 5.81. The highest BCUT2D eigenvalue weighted by Crippen LogP contribution is 2.35. The van der Waals surface area contributed by atoms with Crippen LogP contribution in [0.15, 0.2) is 23.3 Å². The molecule has 2 heterocycles. The van der Waals surface area contributed by atoms with Crippen LogP contribution in [0.2, 0.25) is 0 Å². The Morgan fingerprint density at radius 1 is 1.44 bits per heavy atom. The van der Waals surface area contributed by atoms with Gasteiger partial charge in [0.1, 0.15) is 11.4 Å². The Morgan fingerprint density at radius 3 is 2.78 bits per heavy atom. The maximum absolute atomic E-state index is 13.0. The molecule has 0 saturated heterocycles. The minimum atomic E-state index is -0.320. The molecule has 4 nitrogen and oxygen atoms in total. The second-order valence-corrected chi connectivity index (χ2v) is 4.57. The zero-order valence-corrected chi connectivity index (χ0v) is 10.9. The van der Waals surface area contributed by atoms with Crippen LogP contribution in [0.25, 0.3) is 0 Å². The van der Waals surface area contributed by atoms with Gasteiger partial charge in [-0.15, -0.1) is 0 Å². The van der Waals surface area contributed by atoms with Crippen molar-refractivity contribution >= 4 is 5.96 Å². The molecular weight excluding hydrogens is 231 g/mol. The molecular formula is C13H19FN4. The van der Waals surface area contributed by atoms with Crippen molar-refractivity contribution in [3.63, 3.8) is 0 Å². The van der Waals surface area contributed by atoms with E-state index in [-0.39, 0.29) is 11.4 Å². The van der Waals surface area contributed by atoms with E-state index in [1.165, 1.54) is 12.3 Å². The molecule has 0 fully saturated rings. The number of aromatic nitrogens is 1. The van der Waals surface area contributed by atoms with Crippen molar-refractivity contribution < 1.29 is 4.39 Å². The zero-order chi connectivity index (χ0) is 13.2. The largest absolute Gasteiger partial charge is 0.370 e. The van der Waals surface area contributed by atoms with Gasteiger partial charge in [-0.2, -0.15) is 0 Å². The number of nitrogens with zero attached hydrogens (tertiary/aromatic N) is 3. The summed E-state index contributed by atoms with van der Waals surface area (Å²) in [6.45, 7) is 5.61. The summed E-state index contributed by atoms with van der Waals surface area (Å²) in [6.07, 6.45) is 3.08. The van der Waals surface area contributed by atoms with E-state index in [0.29, 0.717) is 12.5 Å². The number of hydrogen-bond donors (Lipinski definition) is 1. The van der Waals surface area contributed by atoms with Gasteiger partial charge in [0.15, 0.2) is 5.96 Å². The number of nitrogens with two attached hydrogens (primary N) is 1. The summed E-state index contributed by atoms with van der Waals surface area (Å²) >= 11 is 0. The molecule has 1 aromatic heterocycles. The Hall–Kier alpha value is -1.65. The molecule has 98 valence electrons. The standard InChI is InChI=1S/C13H19FN4/c1-3-7-18-12(15)17-9-13(18,4-2)11-6-5-10(14)8-16-11/h5-6,8H,3-4,7,9H2,1-2H3,(H2,15,17). The highest BCUT2D eigenvalue weighted by atomic mass is 19.1. The molecule has 0 radical (unpaired) electrons. The fraction of sp³-hybridized carbons (Fsp3) is 0.538. The molecule has 1 aliphatic heterocycles. The number of aliphatic imine (C=N–C) groups is 1. The third kappa shape index (κ3) is 1.94. The van der Waals surface area contributed by atoms with Crippen LogP contribution in [-0.2, 0) is 5.54 Å². The average Bonchev–Trinajstić information content (AvgIpc) is 2.70. The second-order valence-electron chi connectivity index (χ2n) is 4.57. The van der Waals surface area contributed by atoms with E-state index < -0.39 is 0 Å². The predicted molar refractivity (Wildman–Crippen MR) is 69.7 cm³/mol. The highest BCUT2D eigenvalue weighted by Gasteiger charge is 2.42. The van der Waals surface area contributed by atoms with Crippen LogP contribution in [-0.4, -0.2) is 28.9 Å². The topological polar surface area (TPSA) is 54.5 Å². The molecule has 2 rings (SSSR count). The van der Waals surface area contributed by atoms with Crippen molar-refractivity contribution in [2.24, 2.45) is 10.7 Å². The van der Waals surface area contributed by atoms with Crippen molar-refractivity contribution in [3.8, 4) is 0 Å². The maximum atomic E-state index is 13.0. The van der Waals surface area contributed by atoms with E-state index >= 15 is 0 Å². The molecule has 0 saturated carbocycles. The summed E-state index contributed by atoms with van der Waals surface area (Å²) in [4.78, 5) is 10.7. The summed E-state index contributed by atoms with van der Waals surface area (Å²) in [5.41, 5.74) is 6.48. The van der Waals surface area contributed by atoms with Crippen molar-refractivity contribution in [3.05, 3.63) is 29.8 Å². The smallest absolute Gasteiger partial charge is 0.192 e. The zero-order valence-electron chi connectivity index (χ0n) is 10.9. The van der Waals surface area contributed by atoms with Crippen LogP contribution in [0.3, 0.4) is 0 Å². The predicted octanol–water partition coefficient (Wildman–Crippen LogP) is 1.87. The first-order valence-corrected chi connectivity index (χ1v) is 6.33. The van der Waals surface area contributed by atoms with E-state index in [2.05, 4.69) is 28.7 Å². The molecule has 2 N–H and O–H groups in total. The Kier molecular flexibility index (Phi) is 3.50. The summed E-state index contributed by atoms with van der Waals surface area (Å²) in [5, 5.41) is 0. The number of guanidine groups is 1. The first-order chi connectivity index (χ1) is 8.64. The van der Waals surface area contributed by atoms with E-state index in [9.17, 15) is 4.39 Å². The SMILES string of the molecule is CCCN1C(N)=NCC1(CC)c1ccc(F)cn1. The third-order valence-electron chi connectivity index (χ3n) is 3.53. The molecule has 0 amide bonds. The van der Waals surface area contributed by atoms with Crippen LogP contribution in [0, 0.1) is 5.82 Å². The molecule has 0 spiro atoms. The fourth-order valence-electron chi connectivity index (χ4n) is 2.51. The van der Waals surface area contributed by atoms with Crippen LogP contribution >= 0.6 is 0 Å². The number of pyridine rings is 1. The van der Waals surface area contributed by atoms with Gasteiger partial charge in [-0.05, 0) is 25.0 Å². The normalized spacial score (nSPS) is 23.3. The van der Waals surface area contributed by atoms with Gasteiger partial charge in [-0.1, -0.05) is 13.8 Å². The second kappa shape index (κ2) is 4.92. The van der Waals surface area contributed by atoms with Gasteiger partial charge in [0, 0.05) is 6.54 Å². The van der Waals surface area contributed by atoms with E-state index in [0.717, 1.165) is 25.1 Å². The lowest BCUT2D eigenvalue weighted by molar-refractivity contribution is 0.188. The van der Waals surface area contributed by atoms with Crippen LogP contribution in [0.4, 0.5) is 4.39 Å². The number of halogens is 1. The van der Waals surface area contributed by atoms with Gasteiger partial charge in [-0.25, -0.2) is 4.39 Å². The van der Waals surface area contributed by atoms with Crippen molar-refractivity contribution in [1.29, 1.82) is 0 Å². The van der Waals surface area contributed by atoms with E-state index in [1.807, 2.05) is 0 Å². The van der Waals surface area contributed by atoms with Gasteiger partial charge in [-0.3, -0.25) is 9.98 Å². The van der Waals surface area contributed by atoms with E-state index in [4.69, 9.17) is 5.73 Å². The van der Waals surface area contributed by atoms with Gasteiger partial charge < -0.3 is 10.6 Å². The first kappa shape index (κ1) is 12.8. The molecule has 0 bridgehead atoms. The Balaban J connectivity index is 2.39. The van der Waals surface area contributed by atoms with Gasteiger partial charge in [0.2, 0.25) is 0 Å². The molecule has 5 heteroatoms. The number of rotatable bonds is 4. The molecule has 18 heavy (non-hydrogen) atoms. The number of hydrogen-bond acceptors (Lipinski definition) is 4. The molecule has 1 unspecified atom stereocenters. The minimum absolute atomic E-state index is 0.312. The lowest BCUT2D eigenvalue weighted by Crippen LogP contribution is -2.49. The average molecular weight is 250 g/mol. The molecule has 0 aliphatic carbocycles. The fourth-order valence-corrected chi connectivity index (χ4v) is 2.51. The lowest BCUT2D eigenvalue weighted by Gasteiger charge is -2.38. The van der Waals surface area contributed by atoms with Gasteiger partial charge >= 0.3 is 0 Å². The quantitative estimate of drug-likeness (QED) is 0.887. The molecule has 1 aliphatic rings. The van der Waals surface area contributed by atoms with Crippen LogP contribution < -0.4 is 5.73 Å². The maximum Gasteiger partial charge on any atom is 0.192 e. The van der Waals surface area contributed by atoms with Crippen LogP contribution in [0.5, 0.6) is 0 Å². The van der Waals surface area contributed by atoms with Gasteiger partial charge in [0.25, 0.3) is 0 Å². The van der Waals surface area contributed by atoms with E-state index in [1.54, 1.807) is 6.07 Å². The monoisotopic (exact) mass is 250 g/mol. The Labute approximate surface area is 107 Å². The summed E-state index contributed by atoms with van der Waals surface area (Å²) < 4.78 is 13.0. The van der Waals surface area contributed by atoms with Gasteiger partial charge in [0.05, 0.1) is 18.4 Å². The van der Waals surface area contributed by atoms with Crippen molar-refractivity contribution in [1.82, 2.24) is 9.88 Å². The third-order valence-corrected chi connectivity index (χ3v) is 3.53. The lowest BCUT2D eigenvalue weighted by atomic mass is 9.90. The summed E-state index contributed by atoms with van der Waals surface area (Å²) in [6, 6.07) is 3.17. The molecule has 1 aromatic rings. The Morgan fingerprint density at radius 2 is 2.22 bits per heavy atom. The van der Waals surface area contributed by atoms with Crippen molar-refractivity contribution in [2.75, 3.05) is 13.1 Å². The summed E-state index contributed by atoms with van der Waals surface area (Å²) in [7, 11) is 0.